The molecule has 0 bridgehead atoms. The number of nitrogens with one attached hydrogen (secondary N) is 1. The van der Waals surface area contributed by atoms with Crippen molar-refractivity contribution in [3.8, 4) is 0 Å². The van der Waals surface area contributed by atoms with Crippen molar-refractivity contribution in [2.24, 2.45) is 0 Å². The Morgan fingerprint density at radius 3 is 3.12 bits per heavy atom. The van der Waals surface area contributed by atoms with Crippen LogP contribution in [0.4, 0.5) is 0 Å². The molecule has 1 aromatic rings. The smallest absolute Gasteiger partial charge is 0.0951 e. The van der Waals surface area contributed by atoms with Crippen LogP contribution in [0.15, 0.2) is 12.5 Å². The Balaban J connectivity index is 1.48. The summed E-state index contributed by atoms with van der Waals surface area (Å²) in [5, 5.41) is 4.42. The van der Waals surface area contributed by atoms with Gasteiger partial charge in [0.1, 0.15) is 0 Å². The number of rotatable bonds is 5. The maximum absolute atomic E-state index is 4.25. The van der Waals surface area contributed by atoms with Crippen molar-refractivity contribution in [1.29, 1.82) is 0 Å². The van der Waals surface area contributed by atoms with E-state index in [9.17, 15) is 0 Å². The fourth-order valence-corrected chi connectivity index (χ4v) is 3.55. The molecule has 1 aliphatic heterocycles. The van der Waals surface area contributed by atoms with Gasteiger partial charge in [0.2, 0.25) is 0 Å². The van der Waals surface area contributed by atoms with Gasteiger partial charge in [-0.25, -0.2) is 4.98 Å². The Morgan fingerprint density at radius 1 is 1.44 bits per heavy atom. The van der Waals surface area contributed by atoms with E-state index in [-0.39, 0.29) is 0 Å². The lowest BCUT2D eigenvalue weighted by atomic mass is 10.2. The minimum Gasteiger partial charge on any atom is -0.330 e. The molecule has 1 aromatic heterocycles. The summed E-state index contributed by atoms with van der Waals surface area (Å²) in [4.78, 5) is 4.25. The Hall–Kier alpha value is -0.480. The SMILES string of the molecule is c1ncn(C2CC2)c1CNCC1CCCS1. The van der Waals surface area contributed by atoms with Gasteiger partial charge < -0.3 is 9.88 Å². The van der Waals surface area contributed by atoms with Gasteiger partial charge in [0.05, 0.1) is 12.0 Å². The second-order valence-corrected chi connectivity index (χ2v) is 6.20. The van der Waals surface area contributed by atoms with E-state index in [1.54, 1.807) is 0 Å². The fraction of sp³-hybridized carbons (Fsp3) is 0.750. The molecular formula is C12H19N3S. The van der Waals surface area contributed by atoms with Gasteiger partial charge in [-0.3, -0.25) is 0 Å². The Morgan fingerprint density at radius 2 is 2.38 bits per heavy atom. The molecule has 0 aromatic carbocycles. The Bertz CT molecular complexity index is 340. The molecule has 2 fully saturated rings. The van der Waals surface area contributed by atoms with E-state index in [0.717, 1.165) is 24.4 Å². The third-order valence-electron chi connectivity index (χ3n) is 3.39. The van der Waals surface area contributed by atoms with Crippen molar-refractivity contribution in [2.45, 2.75) is 43.5 Å². The molecule has 3 nitrogen and oxygen atoms in total. The van der Waals surface area contributed by atoms with Gasteiger partial charge in [0.25, 0.3) is 0 Å². The molecule has 2 heterocycles. The molecule has 0 radical (unpaired) electrons. The van der Waals surface area contributed by atoms with Crippen LogP contribution in [0.3, 0.4) is 0 Å². The van der Waals surface area contributed by atoms with E-state index in [1.807, 2.05) is 12.5 Å². The van der Waals surface area contributed by atoms with Gasteiger partial charge in [-0.15, -0.1) is 0 Å². The number of nitrogens with zero attached hydrogens (tertiary/aromatic N) is 2. The molecule has 3 rings (SSSR count). The molecule has 1 N–H and O–H groups in total. The summed E-state index contributed by atoms with van der Waals surface area (Å²) in [6.45, 7) is 2.13. The largest absolute Gasteiger partial charge is 0.330 e. The van der Waals surface area contributed by atoms with Crippen LogP contribution in [0.25, 0.3) is 0 Å². The van der Waals surface area contributed by atoms with Gasteiger partial charge in [-0.05, 0) is 31.4 Å². The minimum atomic E-state index is 0.750. The highest BCUT2D eigenvalue weighted by molar-refractivity contribution is 8.00. The predicted molar refractivity (Wildman–Crippen MR) is 67.7 cm³/mol. The Labute approximate surface area is 101 Å². The lowest BCUT2D eigenvalue weighted by molar-refractivity contribution is 0.603. The standard InChI is InChI=1S/C12H19N3S/c1-2-12(16-5-1)8-13-6-11-7-14-9-15(11)10-3-4-10/h7,9-10,12-13H,1-6,8H2. The van der Waals surface area contributed by atoms with Crippen LogP contribution < -0.4 is 5.32 Å². The molecule has 0 spiro atoms. The van der Waals surface area contributed by atoms with Gasteiger partial charge >= 0.3 is 0 Å². The number of hydrogen-bond donors (Lipinski definition) is 1. The van der Waals surface area contributed by atoms with Crippen molar-refractivity contribution in [3.63, 3.8) is 0 Å². The van der Waals surface area contributed by atoms with Crippen LogP contribution in [-0.4, -0.2) is 27.1 Å². The lowest BCUT2D eigenvalue weighted by Gasteiger charge is -2.11. The van der Waals surface area contributed by atoms with E-state index in [0.29, 0.717) is 0 Å². The molecule has 0 amide bonds. The molecular weight excluding hydrogens is 218 g/mol. The first-order chi connectivity index (χ1) is 7.93. The molecule has 1 unspecified atom stereocenters. The first kappa shape index (κ1) is 10.7. The van der Waals surface area contributed by atoms with Gasteiger partial charge in [0, 0.05) is 30.6 Å². The minimum absolute atomic E-state index is 0.750. The summed E-state index contributed by atoms with van der Waals surface area (Å²) in [7, 11) is 0. The van der Waals surface area contributed by atoms with Gasteiger partial charge in [-0.2, -0.15) is 11.8 Å². The number of thioether (sulfide) groups is 1. The zero-order valence-electron chi connectivity index (χ0n) is 9.56. The topological polar surface area (TPSA) is 29.9 Å². The second-order valence-electron chi connectivity index (χ2n) is 4.79. The second kappa shape index (κ2) is 4.80. The summed E-state index contributed by atoms with van der Waals surface area (Å²) in [6, 6.07) is 0.750. The monoisotopic (exact) mass is 237 g/mol. The average molecular weight is 237 g/mol. The summed E-state index contributed by atoms with van der Waals surface area (Å²) >= 11 is 2.12. The van der Waals surface area contributed by atoms with Crippen molar-refractivity contribution in [3.05, 3.63) is 18.2 Å². The third kappa shape index (κ3) is 2.43. The molecule has 16 heavy (non-hydrogen) atoms. The summed E-state index contributed by atoms with van der Waals surface area (Å²) < 4.78 is 2.34. The van der Waals surface area contributed by atoms with Crippen molar-refractivity contribution < 1.29 is 0 Å². The van der Waals surface area contributed by atoms with E-state index in [1.165, 1.54) is 37.1 Å². The van der Waals surface area contributed by atoms with Crippen molar-refractivity contribution in [1.82, 2.24) is 14.9 Å². The molecule has 1 aliphatic carbocycles. The quantitative estimate of drug-likeness (QED) is 0.851. The number of hydrogen-bond acceptors (Lipinski definition) is 3. The molecule has 1 saturated carbocycles. The zero-order valence-corrected chi connectivity index (χ0v) is 10.4. The van der Waals surface area contributed by atoms with E-state index < -0.39 is 0 Å². The number of imidazole rings is 1. The maximum Gasteiger partial charge on any atom is 0.0951 e. The highest BCUT2D eigenvalue weighted by atomic mass is 32.2. The zero-order chi connectivity index (χ0) is 10.8. The fourth-order valence-electron chi connectivity index (χ4n) is 2.32. The first-order valence-electron chi connectivity index (χ1n) is 6.26. The van der Waals surface area contributed by atoms with Crippen LogP contribution >= 0.6 is 11.8 Å². The lowest BCUT2D eigenvalue weighted by Crippen LogP contribution is -2.23. The molecule has 2 aliphatic rings. The highest BCUT2D eigenvalue weighted by Crippen LogP contribution is 2.35. The van der Waals surface area contributed by atoms with Crippen LogP contribution in [0.2, 0.25) is 0 Å². The summed E-state index contributed by atoms with van der Waals surface area (Å²) in [6.07, 6.45) is 9.45. The predicted octanol–water partition coefficient (Wildman–Crippen LogP) is 2.20. The maximum atomic E-state index is 4.25. The summed E-state index contributed by atoms with van der Waals surface area (Å²) in [5.41, 5.74) is 1.35. The molecule has 88 valence electrons. The van der Waals surface area contributed by atoms with Crippen LogP contribution in [0.5, 0.6) is 0 Å². The van der Waals surface area contributed by atoms with Gasteiger partial charge in [0.15, 0.2) is 0 Å². The van der Waals surface area contributed by atoms with Crippen molar-refractivity contribution >= 4 is 11.8 Å². The molecule has 1 saturated heterocycles. The van der Waals surface area contributed by atoms with Crippen molar-refractivity contribution in [2.75, 3.05) is 12.3 Å². The van der Waals surface area contributed by atoms with E-state index in [4.69, 9.17) is 0 Å². The van der Waals surface area contributed by atoms with Crippen LogP contribution in [0, 0.1) is 0 Å². The van der Waals surface area contributed by atoms with Gasteiger partial charge in [-0.1, -0.05) is 0 Å². The highest BCUT2D eigenvalue weighted by Gasteiger charge is 2.25. The number of aromatic nitrogens is 2. The van der Waals surface area contributed by atoms with Crippen LogP contribution in [0.1, 0.15) is 37.4 Å². The third-order valence-corrected chi connectivity index (χ3v) is 4.79. The summed E-state index contributed by atoms with van der Waals surface area (Å²) in [5.74, 6) is 1.35. The molecule has 1 atom stereocenters. The molecule has 4 heteroatoms. The normalized spacial score (nSPS) is 25.1. The Kier molecular flexibility index (Phi) is 3.20. The first-order valence-corrected chi connectivity index (χ1v) is 7.31. The van der Waals surface area contributed by atoms with E-state index in [2.05, 4.69) is 26.6 Å². The van der Waals surface area contributed by atoms with Crippen LogP contribution in [-0.2, 0) is 6.54 Å². The van der Waals surface area contributed by atoms with E-state index >= 15 is 0 Å². The average Bonchev–Trinajstić information content (AvgIpc) is 2.82.